The average molecular weight is 320 g/mol. The van der Waals surface area contributed by atoms with Crippen LogP contribution in [0.2, 0.25) is 0 Å². The molecule has 1 rings (SSSR count). The van der Waals surface area contributed by atoms with Crippen molar-refractivity contribution < 1.29 is 9.90 Å². The first-order chi connectivity index (χ1) is 10.7. The third-order valence-corrected chi connectivity index (χ3v) is 3.95. The van der Waals surface area contributed by atoms with E-state index in [1.807, 2.05) is 19.1 Å². The first-order valence-electron chi connectivity index (χ1n) is 8.60. The number of nitrogen functional groups attached to an aromatic ring is 1. The lowest BCUT2D eigenvalue weighted by molar-refractivity contribution is -0.137. The summed E-state index contributed by atoms with van der Waals surface area (Å²) in [5.74, 6) is 0.375. The van der Waals surface area contributed by atoms with Crippen molar-refractivity contribution in [1.82, 2.24) is 0 Å². The Morgan fingerprint density at radius 1 is 1.17 bits per heavy atom. The maximum atomic E-state index is 11.0. The summed E-state index contributed by atoms with van der Waals surface area (Å²) in [7, 11) is 0. The molecule has 1 aromatic carbocycles. The number of anilines is 2. The van der Waals surface area contributed by atoms with Gasteiger partial charge in [0.1, 0.15) is 0 Å². The van der Waals surface area contributed by atoms with Gasteiger partial charge in [-0.2, -0.15) is 0 Å². The van der Waals surface area contributed by atoms with Crippen molar-refractivity contribution in [3.8, 4) is 0 Å². The van der Waals surface area contributed by atoms with E-state index in [-0.39, 0.29) is 12.3 Å². The van der Waals surface area contributed by atoms with Crippen LogP contribution in [0.5, 0.6) is 0 Å². The molecule has 4 nitrogen and oxygen atoms in total. The highest BCUT2D eigenvalue weighted by atomic mass is 16.4. The lowest BCUT2D eigenvalue weighted by atomic mass is 9.92. The van der Waals surface area contributed by atoms with E-state index in [4.69, 9.17) is 10.8 Å². The third-order valence-electron chi connectivity index (χ3n) is 3.95. The van der Waals surface area contributed by atoms with Gasteiger partial charge in [0.05, 0.1) is 17.8 Å². The molecule has 4 heteroatoms. The van der Waals surface area contributed by atoms with E-state index in [1.54, 1.807) is 0 Å². The molecular formula is C19H32N2O2. The van der Waals surface area contributed by atoms with Crippen molar-refractivity contribution in [2.24, 2.45) is 11.8 Å². The number of carboxylic acids is 1. The summed E-state index contributed by atoms with van der Waals surface area (Å²) in [5, 5.41) is 9.05. The highest BCUT2D eigenvalue weighted by Crippen LogP contribution is 2.31. The second-order valence-electron chi connectivity index (χ2n) is 7.21. The molecule has 1 atom stereocenters. The minimum absolute atomic E-state index is 0.0208. The average Bonchev–Trinajstić information content (AvgIpc) is 2.42. The van der Waals surface area contributed by atoms with Crippen LogP contribution in [0.15, 0.2) is 18.2 Å². The Bertz CT molecular complexity index is 502. The van der Waals surface area contributed by atoms with Crippen LogP contribution in [0.3, 0.4) is 0 Å². The second-order valence-corrected chi connectivity index (χ2v) is 7.21. The van der Waals surface area contributed by atoms with Crippen LogP contribution in [0.1, 0.15) is 58.9 Å². The van der Waals surface area contributed by atoms with Crippen molar-refractivity contribution in [3.05, 3.63) is 23.8 Å². The number of carbonyl (C=O) groups is 1. The molecule has 0 amide bonds. The van der Waals surface area contributed by atoms with E-state index in [0.717, 1.165) is 36.4 Å². The largest absolute Gasteiger partial charge is 0.481 e. The lowest BCUT2D eigenvalue weighted by Gasteiger charge is -2.30. The van der Waals surface area contributed by atoms with Gasteiger partial charge in [-0.15, -0.1) is 0 Å². The molecular weight excluding hydrogens is 288 g/mol. The van der Waals surface area contributed by atoms with E-state index < -0.39 is 5.97 Å². The summed E-state index contributed by atoms with van der Waals surface area (Å²) in [4.78, 5) is 13.3. The van der Waals surface area contributed by atoms with E-state index in [0.29, 0.717) is 11.8 Å². The van der Waals surface area contributed by atoms with Gasteiger partial charge >= 0.3 is 5.97 Å². The van der Waals surface area contributed by atoms with Gasteiger partial charge in [-0.1, -0.05) is 40.7 Å². The highest BCUT2D eigenvalue weighted by Gasteiger charge is 2.17. The molecule has 3 N–H and O–H groups in total. The molecule has 0 aliphatic rings. The number of hydrogen-bond donors (Lipinski definition) is 2. The number of aliphatic carboxylic acids is 1. The lowest BCUT2D eigenvalue weighted by Crippen LogP contribution is -2.32. The van der Waals surface area contributed by atoms with E-state index >= 15 is 0 Å². The number of carboxylic acid groups (broad SMARTS) is 1. The van der Waals surface area contributed by atoms with Gasteiger partial charge < -0.3 is 15.7 Å². The second kappa shape index (κ2) is 8.80. The molecule has 130 valence electrons. The number of hydrogen-bond acceptors (Lipinski definition) is 3. The van der Waals surface area contributed by atoms with Gasteiger partial charge in [-0.3, -0.25) is 4.79 Å². The van der Waals surface area contributed by atoms with Crippen LogP contribution in [-0.4, -0.2) is 24.2 Å². The predicted molar refractivity (Wildman–Crippen MR) is 98.0 cm³/mol. The third kappa shape index (κ3) is 6.12. The van der Waals surface area contributed by atoms with Crippen molar-refractivity contribution >= 4 is 17.3 Å². The zero-order valence-electron chi connectivity index (χ0n) is 15.2. The number of nitrogens with two attached hydrogens (primary N) is 1. The zero-order chi connectivity index (χ0) is 17.6. The smallest absolute Gasteiger partial charge is 0.303 e. The number of rotatable bonds is 9. The van der Waals surface area contributed by atoms with Gasteiger partial charge in [0.15, 0.2) is 0 Å². The van der Waals surface area contributed by atoms with Gasteiger partial charge in [0, 0.05) is 13.1 Å². The summed E-state index contributed by atoms with van der Waals surface area (Å²) < 4.78 is 0. The molecule has 0 aliphatic carbocycles. The van der Waals surface area contributed by atoms with E-state index in [1.165, 1.54) is 0 Å². The van der Waals surface area contributed by atoms with Gasteiger partial charge in [0.2, 0.25) is 0 Å². The first kappa shape index (κ1) is 19.3. The minimum Gasteiger partial charge on any atom is -0.481 e. The minimum atomic E-state index is -0.763. The highest BCUT2D eigenvalue weighted by molar-refractivity contribution is 5.71. The van der Waals surface area contributed by atoms with Gasteiger partial charge in [-0.25, -0.2) is 0 Å². The molecule has 0 aliphatic heterocycles. The van der Waals surface area contributed by atoms with Crippen LogP contribution >= 0.6 is 0 Å². The molecule has 0 spiro atoms. The van der Waals surface area contributed by atoms with Crippen LogP contribution in [0, 0.1) is 11.8 Å². The number of nitrogens with zero attached hydrogens (tertiary/aromatic N) is 1. The van der Waals surface area contributed by atoms with Crippen molar-refractivity contribution in [2.75, 3.05) is 23.7 Å². The van der Waals surface area contributed by atoms with E-state index in [9.17, 15) is 4.79 Å². The zero-order valence-corrected chi connectivity index (χ0v) is 15.2. The molecule has 0 heterocycles. The SMILES string of the molecule is CCC(CC(=O)O)c1ccc(N(CC(C)C)CC(C)C)c(N)c1. The summed E-state index contributed by atoms with van der Waals surface area (Å²) in [6, 6.07) is 6.05. The molecule has 23 heavy (non-hydrogen) atoms. The fourth-order valence-electron chi connectivity index (χ4n) is 2.98. The van der Waals surface area contributed by atoms with Crippen LogP contribution < -0.4 is 10.6 Å². The van der Waals surface area contributed by atoms with Gasteiger partial charge in [0.25, 0.3) is 0 Å². The van der Waals surface area contributed by atoms with E-state index in [2.05, 4.69) is 38.7 Å². The summed E-state index contributed by atoms with van der Waals surface area (Å²) in [6.45, 7) is 12.8. The Balaban J connectivity index is 3.06. The Kier molecular flexibility index (Phi) is 7.40. The quantitative estimate of drug-likeness (QED) is 0.664. The van der Waals surface area contributed by atoms with Crippen LogP contribution in [0.25, 0.3) is 0 Å². The maximum absolute atomic E-state index is 11.0. The van der Waals surface area contributed by atoms with Crippen LogP contribution in [-0.2, 0) is 4.79 Å². The molecule has 0 saturated heterocycles. The molecule has 1 aromatic rings. The standard InChI is InChI=1S/C19H32N2O2/c1-6-15(10-19(22)23)16-7-8-18(17(20)9-16)21(11-13(2)3)12-14(4)5/h7-9,13-15H,6,10-12,20H2,1-5H3,(H,22,23). The molecule has 0 fully saturated rings. The maximum Gasteiger partial charge on any atom is 0.303 e. The van der Waals surface area contributed by atoms with Gasteiger partial charge in [-0.05, 0) is 41.9 Å². The molecule has 1 unspecified atom stereocenters. The Labute approximate surface area is 140 Å². The van der Waals surface area contributed by atoms with Crippen molar-refractivity contribution in [2.45, 2.75) is 53.4 Å². The fraction of sp³-hybridized carbons (Fsp3) is 0.632. The topological polar surface area (TPSA) is 66.6 Å². The van der Waals surface area contributed by atoms with Crippen molar-refractivity contribution in [3.63, 3.8) is 0 Å². The Hall–Kier alpha value is -1.71. The normalized spacial score (nSPS) is 12.7. The molecule has 0 radical (unpaired) electrons. The predicted octanol–water partition coefficient (Wildman–Crippen LogP) is 4.36. The Morgan fingerprint density at radius 3 is 2.13 bits per heavy atom. The summed E-state index contributed by atoms with van der Waals surface area (Å²) in [5.41, 5.74) is 9.13. The fourth-order valence-corrected chi connectivity index (χ4v) is 2.98. The first-order valence-corrected chi connectivity index (χ1v) is 8.60. The molecule has 0 saturated carbocycles. The van der Waals surface area contributed by atoms with Crippen molar-refractivity contribution in [1.29, 1.82) is 0 Å². The van der Waals surface area contributed by atoms with Crippen LogP contribution in [0.4, 0.5) is 11.4 Å². The summed E-state index contributed by atoms with van der Waals surface area (Å²) >= 11 is 0. The number of benzene rings is 1. The molecule has 0 aromatic heterocycles. The summed E-state index contributed by atoms with van der Waals surface area (Å²) in [6.07, 6.45) is 0.948. The molecule has 0 bridgehead atoms. The Morgan fingerprint density at radius 2 is 1.74 bits per heavy atom. The monoisotopic (exact) mass is 320 g/mol.